The Morgan fingerprint density at radius 1 is 1.33 bits per heavy atom. The Morgan fingerprint density at radius 3 is 2.56 bits per heavy atom. The Balaban J connectivity index is 2.50. The predicted molar refractivity (Wildman–Crippen MR) is 104 cm³/mol. The summed E-state index contributed by atoms with van der Waals surface area (Å²) < 4.78 is 19.9. The second-order valence-electron chi connectivity index (χ2n) is 6.71. The maximum atomic E-state index is 14.9. The highest BCUT2D eigenvalue weighted by Crippen LogP contribution is 2.36. The predicted octanol–water partition coefficient (Wildman–Crippen LogP) is 5.40. The van der Waals surface area contributed by atoms with Crippen molar-refractivity contribution >= 4 is 23.1 Å². The molecule has 2 aromatic rings. The van der Waals surface area contributed by atoms with Gasteiger partial charge in [-0.25, -0.2) is 9.18 Å². The largest absolute Gasteiger partial charge is 0.508 e. The highest BCUT2D eigenvalue weighted by atomic mass is 35.5. The number of aromatic hydroxyl groups is 1. The smallest absolute Gasteiger partial charge is 0.341 e. The molecular weight excluding hydrogens is 371 g/mol. The van der Waals surface area contributed by atoms with E-state index in [9.17, 15) is 14.3 Å². The van der Waals surface area contributed by atoms with Crippen LogP contribution < -0.4 is 4.74 Å². The number of ether oxygens (including phenoxy) is 1. The van der Waals surface area contributed by atoms with Gasteiger partial charge in [0.15, 0.2) is 18.2 Å². The Bertz CT molecular complexity index is 890. The molecule has 0 radical (unpaired) electrons. The molecule has 144 valence electrons. The van der Waals surface area contributed by atoms with Crippen molar-refractivity contribution in [2.75, 3.05) is 6.61 Å². The first-order chi connectivity index (χ1) is 12.6. The lowest BCUT2D eigenvalue weighted by Gasteiger charge is -2.17. The number of carbonyl (C=O) groups is 1. The molecule has 2 aromatic carbocycles. The SMILES string of the molecule is C=C(C)c1c(F)c(OCC(=O)O)cc(Cl)c1Cc1ccc(O)c(C(C)C)c1. The summed E-state index contributed by atoms with van der Waals surface area (Å²) >= 11 is 6.36. The number of hydrogen-bond acceptors (Lipinski definition) is 3. The molecule has 2 N–H and O–H groups in total. The fraction of sp³-hybridized carbons (Fsp3) is 0.286. The van der Waals surface area contributed by atoms with Gasteiger partial charge in [-0.15, -0.1) is 0 Å². The van der Waals surface area contributed by atoms with Crippen molar-refractivity contribution in [2.24, 2.45) is 0 Å². The van der Waals surface area contributed by atoms with Crippen molar-refractivity contribution < 1.29 is 24.1 Å². The normalized spacial score (nSPS) is 10.9. The molecule has 0 spiro atoms. The molecule has 0 aliphatic carbocycles. The van der Waals surface area contributed by atoms with Gasteiger partial charge < -0.3 is 14.9 Å². The van der Waals surface area contributed by atoms with E-state index in [-0.39, 0.29) is 28.0 Å². The monoisotopic (exact) mass is 392 g/mol. The van der Waals surface area contributed by atoms with E-state index in [2.05, 4.69) is 6.58 Å². The van der Waals surface area contributed by atoms with Crippen molar-refractivity contribution in [3.63, 3.8) is 0 Å². The molecule has 0 bridgehead atoms. The van der Waals surface area contributed by atoms with Gasteiger partial charge in [0.1, 0.15) is 5.75 Å². The summed E-state index contributed by atoms with van der Waals surface area (Å²) in [6.07, 6.45) is 0.331. The van der Waals surface area contributed by atoms with E-state index in [0.29, 0.717) is 17.6 Å². The van der Waals surface area contributed by atoms with Gasteiger partial charge in [0, 0.05) is 16.7 Å². The second-order valence-corrected chi connectivity index (χ2v) is 7.12. The summed E-state index contributed by atoms with van der Waals surface area (Å²) in [6.45, 7) is 8.74. The average Bonchev–Trinajstić information content (AvgIpc) is 2.57. The summed E-state index contributed by atoms with van der Waals surface area (Å²) in [6, 6.07) is 6.52. The van der Waals surface area contributed by atoms with Crippen molar-refractivity contribution in [3.05, 3.63) is 63.9 Å². The third-order valence-electron chi connectivity index (χ3n) is 4.16. The van der Waals surface area contributed by atoms with Gasteiger partial charge in [-0.1, -0.05) is 44.2 Å². The second kappa shape index (κ2) is 8.44. The molecule has 0 heterocycles. The van der Waals surface area contributed by atoms with Crippen LogP contribution >= 0.6 is 11.6 Å². The minimum absolute atomic E-state index is 0.129. The van der Waals surface area contributed by atoms with E-state index in [1.807, 2.05) is 19.9 Å². The topological polar surface area (TPSA) is 66.8 Å². The Morgan fingerprint density at radius 2 is 2.00 bits per heavy atom. The highest BCUT2D eigenvalue weighted by Gasteiger charge is 2.20. The fourth-order valence-corrected chi connectivity index (χ4v) is 3.14. The van der Waals surface area contributed by atoms with E-state index >= 15 is 0 Å². The summed E-state index contributed by atoms with van der Waals surface area (Å²) in [5, 5.41) is 19.0. The van der Waals surface area contributed by atoms with Gasteiger partial charge in [0.2, 0.25) is 0 Å². The summed E-state index contributed by atoms with van der Waals surface area (Å²) in [5.41, 5.74) is 2.85. The van der Waals surface area contributed by atoms with E-state index in [4.69, 9.17) is 21.4 Å². The first-order valence-electron chi connectivity index (χ1n) is 8.45. The number of halogens is 2. The number of hydrogen-bond donors (Lipinski definition) is 2. The van der Waals surface area contributed by atoms with Crippen LogP contribution in [0.15, 0.2) is 30.8 Å². The molecular formula is C21H22ClFO4. The maximum absolute atomic E-state index is 14.9. The molecule has 0 saturated carbocycles. The van der Waals surface area contributed by atoms with Gasteiger partial charge in [-0.3, -0.25) is 0 Å². The lowest BCUT2D eigenvalue weighted by Crippen LogP contribution is -2.11. The molecule has 4 nitrogen and oxygen atoms in total. The Kier molecular flexibility index (Phi) is 6.50. The number of aliphatic carboxylic acids is 1. The number of rotatable bonds is 7. The van der Waals surface area contributed by atoms with E-state index in [0.717, 1.165) is 11.1 Å². The van der Waals surface area contributed by atoms with Crippen LogP contribution in [0.3, 0.4) is 0 Å². The highest BCUT2D eigenvalue weighted by molar-refractivity contribution is 6.31. The molecule has 0 aliphatic heterocycles. The lowest BCUT2D eigenvalue weighted by molar-refractivity contribution is -0.139. The first kappa shape index (κ1) is 20.8. The van der Waals surface area contributed by atoms with E-state index in [1.165, 1.54) is 6.07 Å². The molecule has 0 unspecified atom stereocenters. The number of phenolic OH excluding ortho intramolecular Hbond substituents is 1. The Hall–Kier alpha value is -2.53. The number of phenols is 1. The summed E-state index contributed by atoms with van der Waals surface area (Å²) in [4.78, 5) is 10.7. The van der Waals surface area contributed by atoms with Crippen LogP contribution in [0.4, 0.5) is 4.39 Å². The molecule has 0 atom stereocenters. The standard InChI is InChI=1S/C21H22ClFO4/c1-11(2)14-7-13(5-6-17(14)24)8-15-16(22)9-18(27-10-19(25)26)21(23)20(15)12(3)4/h5-7,9,11,24H,3,8,10H2,1-2,4H3,(H,25,26). The molecule has 0 aromatic heterocycles. The van der Waals surface area contributed by atoms with Crippen molar-refractivity contribution in [1.29, 1.82) is 0 Å². The van der Waals surface area contributed by atoms with Crippen LogP contribution in [-0.2, 0) is 11.2 Å². The van der Waals surface area contributed by atoms with E-state index < -0.39 is 18.4 Å². The van der Waals surface area contributed by atoms with Crippen LogP contribution in [0.2, 0.25) is 5.02 Å². The molecule has 27 heavy (non-hydrogen) atoms. The quantitative estimate of drug-likeness (QED) is 0.662. The zero-order valence-electron chi connectivity index (χ0n) is 15.5. The summed E-state index contributed by atoms with van der Waals surface area (Å²) in [5.74, 6) is -1.78. The van der Waals surface area contributed by atoms with Crippen molar-refractivity contribution in [1.82, 2.24) is 0 Å². The van der Waals surface area contributed by atoms with Crippen LogP contribution in [-0.4, -0.2) is 22.8 Å². The minimum Gasteiger partial charge on any atom is -0.508 e. The van der Waals surface area contributed by atoms with Gasteiger partial charge in [0.05, 0.1) is 0 Å². The number of benzene rings is 2. The maximum Gasteiger partial charge on any atom is 0.341 e. The van der Waals surface area contributed by atoms with Gasteiger partial charge in [-0.05, 0) is 47.6 Å². The zero-order valence-corrected chi connectivity index (χ0v) is 16.2. The van der Waals surface area contributed by atoms with Gasteiger partial charge in [0.25, 0.3) is 0 Å². The van der Waals surface area contributed by atoms with Crippen LogP contribution in [0, 0.1) is 5.82 Å². The molecule has 0 saturated heterocycles. The molecule has 6 heteroatoms. The molecule has 2 rings (SSSR count). The third kappa shape index (κ3) is 4.80. The number of carboxylic acids is 1. The minimum atomic E-state index is -1.21. The van der Waals surface area contributed by atoms with Crippen LogP contribution in [0.25, 0.3) is 5.57 Å². The van der Waals surface area contributed by atoms with Crippen molar-refractivity contribution in [2.45, 2.75) is 33.1 Å². The first-order valence-corrected chi connectivity index (χ1v) is 8.82. The zero-order chi connectivity index (χ0) is 20.3. The van der Waals surface area contributed by atoms with E-state index in [1.54, 1.807) is 19.1 Å². The molecule has 0 aliphatic rings. The average molecular weight is 393 g/mol. The molecule has 0 amide bonds. The lowest BCUT2D eigenvalue weighted by atomic mass is 9.92. The Labute approximate surface area is 162 Å². The van der Waals surface area contributed by atoms with Crippen LogP contribution in [0.5, 0.6) is 11.5 Å². The number of carboxylic acid groups (broad SMARTS) is 1. The van der Waals surface area contributed by atoms with Gasteiger partial charge in [-0.2, -0.15) is 0 Å². The van der Waals surface area contributed by atoms with Gasteiger partial charge >= 0.3 is 5.97 Å². The van der Waals surface area contributed by atoms with Crippen LogP contribution in [0.1, 0.15) is 48.9 Å². The number of allylic oxidation sites excluding steroid dienone is 1. The van der Waals surface area contributed by atoms with Crippen molar-refractivity contribution in [3.8, 4) is 11.5 Å². The summed E-state index contributed by atoms with van der Waals surface area (Å²) in [7, 11) is 0. The molecule has 0 fully saturated rings. The fourth-order valence-electron chi connectivity index (χ4n) is 2.88. The third-order valence-corrected chi connectivity index (χ3v) is 4.49.